The van der Waals surface area contributed by atoms with Crippen LogP contribution >= 0.6 is 0 Å². The Morgan fingerprint density at radius 1 is 1.37 bits per heavy atom. The van der Waals surface area contributed by atoms with Gasteiger partial charge in [0.15, 0.2) is 0 Å². The van der Waals surface area contributed by atoms with Crippen LogP contribution in [-0.4, -0.2) is 41.1 Å². The molecule has 0 aliphatic heterocycles. The SMILES string of the molecule is CCN(CC(C(=N)N)c1ccccc1)CC(C)(C)O. The van der Waals surface area contributed by atoms with E-state index in [4.69, 9.17) is 11.1 Å². The molecule has 106 valence electrons. The van der Waals surface area contributed by atoms with E-state index in [9.17, 15) is 5.11 Å². The lowest BCUT2D eigenvalue weighted by atomic mass is 9.96. The second kappa shape index (κ2) is 6.68. The third kappa shape index (κ3) is 5.41. The molecule has 0 saturated heterocycles. The smallest absolute Gasteiger partial charge is 0.0995 e. The van der Waals surface area contributed by atoms with Crippen molar-refractivity contribution in [2.24, 2.45) is 5.73 Å². The van der Waals surface area contributed by atoms with E-state index in [2.05, 4.69) is 4.90 Å². The summed E-state index contributed by atoms with van der Waals surface area (Å²) in [7, 11) is 0. The third-order valence-electron chi connectivity index (χ3n) is 3.08. The Hall–Kier alpha value is -1.39. The van der Waals surface area contributed by atoms with E-state index in [-0.39, 0.29) is 11.8 Å². The Morgan fingerprint density at radius 3 is 2.37 bits per heavy atom. The molecule has 1 aromatic rings. The van der Waals surface area contributed by atoms with Crippen molar-refractivity contribution < 1.29 is 5.11 Å². The summed E-state index contributed by atoms with van der Waals surface area (Å²) in [4.78, 5) is 2.12. The number of aliphatic hydroxyl groups is 1. The van der Waals surface area contributed by atoms with Gasteiger partial charge in [-0.15, -0.1) is 0 Å². The van der Waals surface area contributed by atoms with E-state index in [0.717, 1.165) is 12.1 Å². The van der Waals surface area contributed by atoms with Gasteiger partial charge in [0.2, 0.25) is 0 Å². The van der Waals surface area contributed by atoms with E-state index in [0.29, 0.717) is 13.1 Å². The van der Waals surface area contributed by atoms with Gasteiger partial charge in [-0.05, 0) is 26.0 Å². The summed E-state index contributed by atoms with van der Waals surface area (Å²) >= 11 is 0. The van der Waals surface area contributed by atoms with Crippen LogP contribution in [0, 0.1) is 5.41 Å². The number of likely N-dealkylation sites (N-methyl/N-ethyl adjacent to an activating group) is 1. The van der Waals surface area contributed by atoms with Crippen LogP contribution in [0.5, 0.6) is 0 Å². The molecule has 1 atom stereocenters. The molecule has 0 aliphatic carbocycles. The number of benzene rings is 1. The van der Waals surface area contributed by atoms with Crippen LogP contribution in [0.1, 0.15) is 32.3 Å². The number of hydrogen-bond donors (Lipinski definition) is 3. The van der Waals surface area contributed by atoms with Gasteiger partial charge in [-0.2, -0.15) is 0 Å². The first kappa shape index (κ1) is 15.7. The van der Waals surface area contributed by atoms with Crippen molar-refractivity contribution in [3.8, 4) is 0 Å². The number of amidine groups is 1. The van der Waals surface area contributed by atoms with Gasteiger partial charge in [0.05, 0.1) is 17.4 Å². The zero-order valence-electron chi connectivity index (χ0n) is 12.1. The van der Waals surface area contributed by atoms with Crippen molar-refractivity contribution >= 4 is 5.84 Å². The maximum Gasteiger partial charge on any atom is 0.0995 e. The Kier molecular flexibility index (Phi) is 5.51. The van der Waals surface area contributed by atoms with Crippen molar-refractivity contribution in [3.63, 3.8) is 0 Å². The normalized spacial score (nSPS) is 13.5. The van der Waals surface area contributed by atoms with Crippen LogP contribution in [0.2, 0.25) is 0 Å². The molecular weight excluding hydrogens is 238 g/mol. The van der Waals surface area contributed by atoms with E-state index >= 15 is 0 Å². The van der Waals surface area contributed by atoms with Gasteiger partial charge in [0.1, 0.15) is 0 Å². The molecule has 0 aliphatic rings. The van der Waals surface area contributed by atoms with Crippen LogP contribution in [0.4, 0.5) is 0 Å². The standard InChI is InChI=1S/C15H25N3O/c1-4-18(11-15(2,3)19)10-13(14(16)17)12-8-6-5-7-9-12/h5-9,13,19H,4,10-11H2,1-3H3,(H3,16,17). The maximum atomic E-state index is 9.91. The average molecular weight is 263 g/mol. The lowest BCUT2D eigenvalue weighted by Crippen LogP contribution is -2.42. The summed E-state index contributed by atoms with van der Waals surface area (Å²) in [5.41, 5.74) is 6.03. The monoisotopic (exact) mass is 263 g/mol. The lowest BCUT2D eigenvalue weighted by molar-refractivity contribution is 0.0375. The quantitative estimate of drug-likeness (QED) is 0.519. The molecule has 1 aromatic carbocycles. The fourth-order valence-corrected chi connectivity index (χ4v) is 2.18. The number of nitrogens with one attached hydrogen (secondary N) is 1. The van der Waals surface area contributed by atoms with Crippen molar-refractivity contribution in [2.75, 3.05) is 19.6 Å². The van der Waals surface area contributed by atoms with Gasteiger partial charge in [-0.3, -0.25) is 10.3 Å². The molecule has 0 amide bonds. The molecule has 19 heavy (non-hydrogen) atoms. The fraction of sp³-hybridized carbons (Fsp3) is 0.533. The molecule has 0 saturated carbocycles. The molecule has 0 bridgehead atoms. The predicted molar refractivity (Wildman–Crippen MR) is 79.5 cm³/mol. The number of nitrogens with two attached hydrogens (primary N) is 1. The number of rotatable bonds is 7. The number of nitrogens with zero attached hydrogens (tertiary/aromatic N) is 1. The minimum atomic E-state index is -0.742. The van der Waals surface area contributed by atoms with Gasteiger partial charge in [-0.1, -0.05) is 37.3 Å². The molecular formula is C15H25N3O. The van der Waals surface area contributed by atoms with Gasteiger partial charge in [-0.25, -0.2) is 0 Å². The molecule has 1 unspecified atom stereocenters. The first-order valence-corrected chi connectivity index (χ1v) is 6.67. The highest BCUT2D eigenvalue weighted by atomic mass is 16.3. The molecule has 4 N–H and O–H groups in total. The first-order valence-electron chi connectivity index (χ1n) is 6.67. The molecule has 0 spiro atoms. The van der Waals surface area contributed by atoms with Crippen LogP contribution in [-0.2, 0) is 0 Å². The predicted octanol–water partition coefficient (Wildman–Crippen LogP) is 1.80. The van der Waals surface area contributed by atoms with Crippen molar-refractivity contribution in [3.05, 3.63) is 35.9 Å². The minimum absolute atomic E-state index is 0.122. The summed E-state index contributed by atoms with van der Waals surface area (Å²) in [5.74, 6) is 0.0453. The zero-order valence-corrected chi connectivity index (χ0v) is 12.1. The van der Waals surface area contributed by atoms with Crippen LogP contribution in [0.25, 0.3) is 0 Å². The van der Waals surface area contributed by atoms with Crippen molar-refractivity contribution in [2.45, 2.75) is 32.3 Å². The van der Waals surface area contributed by atoms with Crippen molar-refractivity contribution in [1.29, 1.82) is 5.41 Å². The molecule has 4 nitrogen and oxygen atoms in total. The highest BCUT2D eigenvalue weighted by Gasteiger charge is 2.22. The molecule has 4 heteroatoms. The van der Waals surface area contributed by atoms with E-state index in [1.807, 2.05) is 37.3 Å². The van der Waals surface area contributed by atoms with Crippen LogP contribution < -0.4 is 5.73 Å². The second-order valence-electron chi connectivity index (χ2n) is 5.56. The van der Waals surface area contributed by atoms with Gasteiger partial charge in [0.25, 0.3) is 0 Å². The summed E-state index contributed by atoms with van der Waals surface area (Å²) < 4.78 is 0. The lowest BCUT2D eigenvalue weighted by Gasteiger charge is -2.31. The van der Waals surface area contributed by atoms with Crippen LogP contribution in [0.15, 0.2) is 30.3 Å². The van der Waals surface area contributed by atoms with Crippen LogP contribution in [0.3, 0.4) is 0 Å². The molecule has 1 rings (SSSR count). The Bertz CT molecular complexity index is 398. The number of hydrogen-bond acceptors (Lipinski definition) is 3. The molecule has 0 heterocycles. The maximum absolute atomic E-state index is 9.91. The van der Waals surface area contributed by atoms with E-state index in [1.54, 1.807) is 13.8 Å². The summed E-state index contributed by atoms with van der Waals surface area (Å²) in [5, 5.41) is 17.7. The third-order valence-corrected chi connectivity index (χ3v) is 3.08. The second-order valence-corrected chi connectivity index (χ2v) is 5.56. The van der Waals surface area contributed by atoms with Gasteiger partial charge >= 0.3 is 0 Å². The topological polar surface area (TPSA) is 73.3 Å². The Morgan fingerprint density at radius 2 is 1.95 bits per heavy atom. The molecule has 0 radical (unpaired) electrons. The highest BCUT2D eigenvalue weighted by molar-refractivity contribution is 5.84. The Labute approximate surface area is 115 Å². The highest BCUT2D eigenvalue weighted by Crippen LogP contribution is 2.18. The fourth-order valence-electron chi connectivity index (χ4n) is 2.18. The Balaban J connectivity index is 2.81. The zero-order chi connectivity index (χ0) is 14.5. The summed E-state index contributed by atoms with van der Waals surface area (Å²) in [6, 6.07) is 9.85. The molecule has 0 aromatic heterocycles. The van der Waals surface area contributed by atoms with Gasteiger partial charge in [0, 0.05) is 13.1 Å². The summed E-state index contributed by atoms with van der Waals surface area (Å²) in [6.07, 6.45) is 0. The molecule has 0 fully saturated rings. The minimum Gasteiger partial charge on any atom is -0.389 e. The average Bonchev–Trinajstić information content (AvgIpc) is 2.33. The first-order chi connectivity index (χ1) is 8.83. The van der Waals surface area contributed by atoms with Gasteiger partial charge < -0.3 is 10.8 Å². The summed E-state index contributed by atoms with van der Waals surface area (Å²) in [6.45, 7) is 7.68. The van der Waals surface area contributed by atoms with Crippen molar-refractivity contribution in [1.82, 2.24) is 4.90 Å². The van der Waals surface area contributed by atoms with E-state index < -0.39 is 5.60 Å². The largest absolute Gasteiger partial charge is 0.389 e. The van der Waals surface area contributed by atoms with E-state index in [1.165, 1.54) is 0 Å².